The molecule has 0 aliphatic carbocycles. The Hall–Kier alpha value is -1.62. The summed E-state index contributed by atoms with van der Waals surface area (Å²) in [5, 5.41) is 2.61. The number of nitrogens with one attached hydrogen (secondary N) is 1. The number of benzene rings is 1. The maximum Gasteiger partial charge on any atom is 0.407 e. The molecule has 4 nitrogen and oxygen atoms in total. The first-order valence-corrected chi connectivity index (χ1v) is 6.65. The molecule has 0 radical (unpaired) electrons. The Balaban J connectivity index is 2.46. The Bertz CT molecular complexity index is 469. The third-order valence-electron chi connectivity index (χ3n) is 2.77. The Morgan fingerprint density at radius 2 is 2.10 bits per heavy atom. The Morgan fingerprint density at radius 3 is 2.70 bits per heavy atom. The summed E-state index contributed by atoms with van der Waals surface area (Å²) in [5.41, 5.74) is 6.86. The van der Waals surface area contributed by atoms with Gasteiger partial charge in [-0.3, -0.25) is 0 Å². The summed E-state index contributed by atoms with van der Waals surface area (Å²) < 4.78 is 18.5. The van der Waals surface area contributed by atoms with E-state index in [9.17, 15) is 9.18 Å². The van der Waals surface area contributed by atoms with Crippen LogP contribution in [-0.2, 0) is 11.2 Å². The molecule has 1 aromatic rings. The largest absolute Gasteiger partial charge is 0.444 e. The first-order valence-electron chi connectivity index (χ1n) is 6.65. The molecule has 0 saturated carbocycles. The average Bonchev–Trinajstić information content (AvgIpc) is 2.30. The first-order chi connectivity index (χ1) is 9.19. The van der Waals surface area contributed by atoms with E-state index in [-0.39, 0.29) is 18.4 Å². The molecule has 0 aromatic heterocycles. The molecule has 0 fully saturated rings. The summed E-state index contributed by atoms with van der Waals surface area (Å²) in [6.07, 6.45) is 0.00302. The van der Waals surface area contributed by atoms with Crippen molar-refractivity contribution in [2.24, 2.45) is 5.73 Å². The van der Waals surface area contributed by atoms with Crippen molar-refractivity contribution in [3.05, 3.63) is 35.1 Å². The normalized spacial score (nSPS) is 12.9. The van der Waals surface area contributed by atoms with E-state index in [1.165, 1.54) is 6.07 Å². The van der Waals surface area contributed by atoms with E-state index in [1.807, 2.05) is 6.07 Å². The quantitative estimate of drug-likeness (QED) is 0.892. The molecule has 0 spiro atoms. The van der Waals surface area contributed by atoms with Crippen LogP contribution in [0, 0.1) is 12.7 Å². The second-order valence-electron chi connectivity index (χ2n) is 5.87. The van der Waals surface area contributed by atoms with E-state index in [1.54, 1.807) is 33.8 Å². The number of ether oxygens (including phenoxy) is 1. The number of halogens is 1. The van der Waals surface area contributed by atoms with Gasteiger partial charge in [0.1, 0.15) is 11.4 Å². The van der Waals surface area contributed by atoms with Crippen molar-refractivity contribution in [3.63, 3.8) is 0 Å². The van der Waals surface area contributed by atoms with Crippen LogP contribution in [0.1, 0.15) is 31.9 Å². The summed E-state index contributed by atoms with van der Waals surface area (Å²) in [5.74, 6) is -0.241. The summed E-state index contributed by atoms with van der Waals surface area (Å²) in [6.45, 7) is 7.39. The van der Waals surface area contributed by atoms with Gasteiger partial charge in [-0.05, 0) is 51.3 Å². The lowest BCUT2D eigenvalue weighted by Crippen LogP contribution is -2.41. The second kappa shape index (κ2) is 6.70. The van der Waals surface area contributed by atoms with Crippen LogP contribution >= 0.6 is 0 Å². The SMILES string of the molecule is Cc1c(F)cccc1CC(N)CNC(=O)OC(C)(C)C. The average molecular weight is 282 g/mol. The van der Waals surface area contributed by atoms with E-state index in [0.717, 1.165) is 5.56 Å². The van der Waals surface area contributed by atoms with Crippen molar-refractivity contribution in [1.29, 1.82) is 0 Å². The summed E-state index contributed by atoms with van der Waals surface area (Å²) in [6, 6.07) is 4.63. The fourth-order valence-corrected chi connectivity index (χ4v) is 1.76. The zero-order valence-electron chi connectivity index (χ0n) is 12.5. The van der Waals surface area contributed by atoms with Gasteiger partial charge in [-0.25, -0.2) is 9.18 Å². The van der Waals surface area contributed by atoms with Gasteiger partial charge in [0.05, 0.1) is 0 Å². The van der Waals surface area contributed by atoms with Crippen LogP contribution in [0.3, 0.4) is 0 Å². The molecule has 5 heteroatoms. The molecule has 112 valence electrons. The van der Waals surface area contributed by atoms with Gasteiger partial charge in [-0.15, -0.1) is 0 Å². The Kier molecular flexibility index (Phi) is 5.51. The van der Waals surface area contributed by atoms with E-state index in [4.69, 9.17) is 10.5 Å². The number of amides is 1. The van der Waals surface area contributed by atoms with Gasteiger partial charge in [0.25, 0.3) is 0 Å². The number of alkyl carbamates (subject to hydrolysis) is 1. The molecule has 20 heavy (non-hydrogen) atoms. The van der Waals surface area contributed by atoms with Crippen LogP contribution in [0.25, 0.3) is 0 Å². The number of nitrogens with two attached hydrogens (primary N) is 1. The molecule has 0 aliphatic heterocycles. The van der Waals surface area contributed by atoms with Crippen molar-refractivity contribution in [2.75, 3.05) is 6.54 Å². The summed E-state index contributed by atoms with van der Waals surface area (Å²) in [4.78, 5) is 11.5. The van der Waals surface area contributed by atoms with E-state index in [0.29, 0.717) is 12.0 Å². The third kappa shape index (κ3) is 5.57. The molecular formula is C15H23FN2O2. The van der Waals surface area contributed by atoms with Crippen LogP contribution < -0.4 is 11.1 Å². The Labute approximate surface area is 119 Å². The minimum absolute atomic E-state index is 0.241. The molecule has 0 bridgehead atoms. The van der Waals surface area contributed by atoms with Crippen LogP contribution in [0.15, 0.2) is 18.2 Å². The minimum atomic E-state index is -0.534. The molecule has 1 atom stereocenters. The maximum atomic E-state index is 13.4. The molecule has 0 saturated heterocycles. The van der Waals surface area contributed by atoms with E-state index in [2.05, 4.69) is 5.32 Å². The molecule has 1 unspecified atom stereocenters. The zero-order valence-corrected chi connectivity index (χ0v) is 12.5. The van der Waals surface area contributed by atoms with Gasteiger partial charge in [-0.1, -0.05) is 12.1 Å². The van der Waals surface area contributed by atoms with Crippen LogP contribution in [0.4, 0.5) is 9.18 Å². The highest BCUT2D eigenvalue weighted by molar-refractivity contribution is 5.67. The monoisotopic (exact) mass is 282 g/mol. The molecule has 1 aromatic carbocycles. The maximum absolute atomic E-state index is 13.4. The van der Waals surface area contributed by atoms with E-state index >= 15 is 0 Å². The molecule has 1 rings (SSSR count). The number of carbonyl (C=O) groups is 1. The molecule has 0 heterocycles. The zero-order chi connectivity index (χ0) is 15.3. The van der Waals surface area contributed by atoms with Crippen LogP contribution in [0.5, 0.6) is 0 Å². The van der Waals surface area contributed by atoms with Crippen molar-refractivity contribution < 1.29 is 13.9 Å². The lowest BCUT2D eigenvalue weighted by molar-refractivity contribution is 0.0524. The molecular weight excluding hydrogens is 259 g/mol. The summed E-state index contributed by atoms with van der Waals surface area (Å²) in [7, 11) is 0. The minimum Gasteiger partial charge on any atom is -0.444 e. The van der Waals surface area contributed by atoms with Gasteiger partial charge < -0.3 is 15.8 Å². The molecule has 3 N–H and O–H groups in total. The highest BCUT2D eigenvalue weighted by atomic mass is 19.1. The van der Waals surface area contributed by atoms with Crippen molar-refractivity contribution in [1.82, 2.24) is 5.32 Å². The predicted molar refractivity (Wildman–Crippen MR) is 77.1 cm³/mol. The number of rotatable bonds is 4. The van der Waals surface area contributed by atoms with E-state index < -0.39 is 11.7 Å². The van der Waals surface area contributed by atoms with Crippen molar-refractivity contribution in [3.8, 4) is 0 Å². The lowest BCUT2D eigenvalue weighted by Gasteiger charge is -2.21. The smallest absolute Gasteiger partial charge is 0.407 e. The number of hydrogen-bond acceptors (Lipinski definition) is 3. The number of carbonyl (C=O) groups excluding carboxylic acids is 1. The fourth-order valence-electron chi connectivity index (χ4n) is 1.76. The van der Waals surface area contributed by atoms with Crippen molar-refractivity contribution in [2.45, 2.75) is 45.8 Å². The fraction of sp³-hybridized carbons (Fsp3) is 0.533. The van der Waals surface area contributed by atoms with Crippen LogP contribution in [0.2, 0.25) is 0 Å². The molecule has 1 amide bonds. The predicted octanol–water partition coefficient (Wildman–Crippen LogP) is 2.53. The summed E-state index contributed by atoms with van der Waals surface area (Å²) >= 11 is 0. The van der Waals surface area contributed by atoms with Gasteiger partial charge >= 0.3 is 6.09 Å². The van der Waals surface area contributed by atoms with Gasteiger partial charge in [0.2, 0.25) is 0 Å². The van der Waals surface area contributed by atoms with Crippen LogP contribution in [-0.4, -0.2) is 24.3 Å². The van der Waals surface area contributed by atoms with Gasteiger partial charge in [0.15, 0.2) is 0 Å². The first kappa shape index (κ1) is 16.4. The van der Waals surface area contributed by atoms with Crippen molar-refractivity contribution >= 4 is 6.09 Å². The standard InChI is InChI=1S/C15H23FN2O2/c1-10-11(6-5-7-13(10)16)8-12(17)9-18-14(19)20-15(2,3)4/h5-7,12H,8-9,17H2,1-4H3,(H,18,19). The molecule has 0 aliphatic rings. The topological polar surface area (TPSA) is 64.3 Å². The highest BCUT2D eigenvalue weighted by Gasteiger charge is 2.17. The second-order valence-corrected chi connectivity index (χ2v) is 5.87. The Morgan fingerprint density at radius 1 is 1.45 bits per heavy atom. The van der Waals surface area contributed by atoms with Gasteiger partial charge in [0, 0.05) is 12.6 Å². The number of hydrogen-bond donors (Lipinski definition) is 2. The lowest BCUT2D eigenvalue weighted by atomic mass is 10.0. The highest BCUT2D eigenvalue weighted by Crippen LogP contribution is 2.13. The van der Waals surface area contributed by atoms with Gasteiger partial charge in [-0.2, -0.15) is 0 Å². The third-order valence-corrected chi connectivity index (χ3v) is 2.77.